The Balaban J connectivity index is 3.08. The molecule has 0 saturated heterocycles. The lowest BCUT2D eigenvalue weighted by Gasteiger charge is -2.12. The molecule has 0 aromatic carbocycles. The molecule has 0 aromatic rings. The van der Waals surface area contributed by atoms with Crippen LogP contribution >= 0.6 is 0 Å². The van der Waals surface area contributed by atoms with Crippen LogP contribution in [-0.2, 0) is 19.1 Å². The van der Waals surface area contributed by atoms with Crippen LogP contribution in [0.5, 0.6) is 0 Å². The fourth-order valence-electron chi connectivity index (χ4n) is 1.96. The van der Waals surface area contributed by atoms with Crippen LogP contribution in [0.4, 0.5) is 0 Å². The molecule has 112 valence electrons. The maximum atomic E-state index is 12.2. The highest BCUT2D eigenvalue weighted by molar-refractivity contribution is 6.27. The first-order valence-corrected chi connectivity index (χ1v) is 6.83. The largest absolute Gasteiger partial charge is 0.497 e. The minimum Gasteiger partial charge on any atom is -0.497 e. The maximum Gasteiger partial charge on any atom is 0.311 e. The van der Waals surface area contributed by atoms with Crippen LogP contribution in [0.15, 0.2) is 16.4 Å². The summed E-state index contributed by atoms with van der Waals surface area (Å²) in [6.45, 7) is 4.41. The Bertz CT molecular complexity index is 440. The molecular weight excluding hydrogens is 260 g/mol. The number of rotatable bonds is 7. The Morgan fingerprint density at radius 3 is 2.60 bits per heavy atom. The average Bonchev–Trinajstić information content (AvgIpc) is 2.70. The lowest BCUT2D eigenvalue weighted by atomic mass is 10.0. The highest BCUT2D eigenvalue weighted by atomic mass is 16.5. The number of methoxy groups -OCH3 is 1. The molecule has 1 amide bonds. The molecule has 0 aromatic heterocycles. The standard InChI is InChI=1S/C14H22N2O4/c1-5-7-8-11(20-6-2)13-10(9-12(17)19-4)15-16(3)14(13)18/h5-9H2,1-4H3/b13-11-. The van der Waals surface area contributed by atoms with Gasteiger partial charge in [-0.1, -0.05) is 13.3 Å². The van der Waals surface area contributed by atoms with Crippen molar-refractivity contribution in [1.82, 2.24) is 5.01 Å². The zero-order chi connectivity index (χ0) is 15.1. The monoisotopic (exact) mass is 282 g/mol. The van der Waals surface area contributed by atoms with E-state index in [9.17, 15) is 9.59 Å². The Morgan fingerprint density at radius 2 is 2.05 bits per heavy atom. The van der Waals surface area contributed by atoms with E-state index in [1.165, 1.54) is 12.1 Å². The fraction of sp³-hybridized carbons (Fsp3) is 0.643. The Morgan fingerprint density at radius 1 is 1.35 bits per heavy atom. The highest BCUT2D eigenvalue weighted by Gasteiger charge is 2.32. The Kier molecular flexibility index (Phi) is 6.21. The molecule has 0 atom stereocenters. The third kappa shape index (κ3) is 3.82. The number of likely N-dealkylation sites (N-methyl/N-ethyl adjacent to an activating group) is 1. The molecule has 0 aliphatic carbocycles. The predicted molar refractivity (Wildman–Crippen MR) is 75.0 cm³/mol. The van der Waals surface area contributed by atoms with Gasteiger partial charge in [0.25, 0.3) is 5.91 Å². The van der Waals surface area contributed by atoms with Crippen molar-refractivity contribution in [3.8, 4) is 0 Å². The number of hydrazone groups is 1. The van der Waals surface area contributed by atoms with Gasteiger partial charge in [0.2, 0.25) is 0 Å². The number of unbranched alkanes of at least 4 members (excludes halogenated alkanes) is 1. The van der Waals surface area contributed by atoms with Crippen molar-refractivity contribution in [2.45, 2.75) is 39.5 Å². The van der Waals surface area contributed by atoms with Crippen LogP contribution in [0.1, 0.15) is 39.5 Å². The molecule has 1 aliphatic rings. The molecule has 6 nitrogen and oxygen atoms in total. The van der Waals surface area contributed by atoms with E-state index in [4.69, 9.17) is 4.74 Å². The van der Waals surface area contributed by atoms with E-state index in [-0.39, 0.29) is 12.3 Å². The zero-order valence-corrected chi connectivity index (χ0v) is 12.6. The number of hydrogen-bond donors (Lipinski definition) is 0. The lowest BCUT2D eigenvalue weighted by Crippen LogP contribution is -2.20. The maximum absolute atomic E-state index is 12.2. The van der Waals surface area contributed by atoms with E-state index in [1.807, 2.05) is 6.92 Å². The smallest absolute Gasteiger partial charge is 0.311 e. The van der Waals surface area contributed by atoms with Crippen molar-refractivity contribution >= 4 is 17.6 Å². The normalized spacial score (nSPS) is 17.1. The van der Waals surface area contributed by atoms with Gasteiger partial charge in [0.1, 0.15) is 11.3 Å². The summed E-state index contributed by atoms with van der Waals surface area (Å²) in [5.41, 5.74) is 0.831. The molecule has 1 rings (SSSR count). The van der Waals surface area contributed by atoms with Gasteiger partial charge in [0.15, 0.2) is 0 Å². The molecule has 6 heteroatoms. The molecule has 1 heterocycles. The third-order valence-electron chi connectivity index (χ3n) is 2.96. The van der Waals surface area contributed by atoms with Gasteiger partial charge in [0, 0.05) is 13.5 Å². The zero-order valence-electron chi connectivity index (χ0n) is 12.6. The van der Waals surface area contributed by atoms with Crippen LogP contribution in [0.3, 0.4) is 0 Å². The van der Waals surface area contributed by atoms with Gasteiger partial charge in [0.05, 0.1) is 25.8 Å². The minimum atomic E-state index is -0.421. The fourth-order valence-corrected chi connectivity index (χ4v) is 1.96. The number of nitrogens with zero attached hydrogens (tertiary/aromatic N) is 2. The van der Waals surface area contributed by atoms with Gasteiger partial charge < -0.3 is 9.47 Å². The van der Waals surface area contributed by atoms with E-state index < -0.39 is 5.97 Å². The van der Waals surface area contributed by atoms with Crippen molar-refractivity contribution in [1.29, 1.82) is 0 Å². The van der Waals surface area contributed by atoms with Gasteiger partial charge in [-0.2, -0.15) is 5.10 Å². The van der Waals surface area contributed by atoms with Gasteiger partial charge in [-0.3, -0.25) is 9.59 Å². The van der Waals surface area contributed by atoms with E-state index in [1.54, 1.807) is 7.05 Å². The van der Waals surface area contributed by atoms with Gasteiger partial charge in [-0.15, -0.1) is 0 Å². The molecule has 0 radical (unpaired) electrons. The quantitative estimate of drug-likeness (QED) is 0.406. The highest BCUT2D eigenvalue weighted by Crippen LogP contribution is 2.24. The van der Waals surface area contributed by atoms with Crippen molar-refractivity contribution in [3.63, 3.8) is 0 Å². The van der Waals surface area contributed by atoms with Crippen molar-refractivity contribution in [2.24, 2.45) is 5.10 Å². The van der Waals surface area contributed by atoms with Gasteiger partial charge in [-0.05, 0) is 13.3 Å². The topological polar surface area (TPSA) is 68.2 Å². The molecule has 0 unspecified atom stereocenters. The molecule has 0 spiro atoms. The summed E-state index contributed by atoms with van der Waals surface area (Å²) >= 11 is 0. The Labute approximate surface area is 119 Å². The number of carbonyl (C=O) groups is 2. The van der Waals surface area contributed by atoms with E-state index in [0.29, 0.717) is 30.1 Å². The second-order valence-electron chi connectivity index (χ2n) is 4.46. The van der Waals surface area contributed by atoms with Crippen molar-refractivity contribution in [2.75, 3.05) is 20.8 Å². The Hall–Kier alpha value is -1.85. The summed E-state index contributed by atoms with van der Waals surface area (Å²) in [5, 5.41) is 5.35. The first-order chi connectivity index (χ1) is 9.54. The number of carbonyl (C=O) groups excluding carboxylic acids is 2. The van der Waals surface area contributed by atoms with E-state index in [2.05, 4.69) is 16.8 Å². The molecule has 0 N–H and O–H groups in total. The molecule has 20 heavy (non-hydrogen) atoms. The minimum absolute atomic E-state index is 0.0232. The van der Waals surface area contributed by atoms with Crippen LogP contribution in [-0.4, -0.2) is 43.4 Å². The first kappa shape index (κ1) is 16.2. The number of esters is 1. The summed E-state index contributed by atoms with van der Waals surface area (Å²) in [7, 11) is 2.88. The summed E-state index contributed by atoms with van der Waals surface area (Å²) in [4.78, 5) is 23.6. The number of amides is 1. The van der Waals surface area contributed by atoms with Crippen LogP contribution in [0, 0.1) is 0 Å². The van der Waals surface area contributed by atoms with Crippen LogP contribution in [0.2, 0.25) is 0 Å². The molecule has 1 aliphatic heterocycles. The van der Waals surface area contributed by atoms with Crippen molar-refractivity contribution < 1.29 is 19.1 Å². The second kappa shape index (κ2) is 7.67. The van der Waals surface area contributed by atoms with E-state index in [0.717, 1.165) is 12.8 Å². The summed E-state index contributed by atoms with van der Waals surface area (Å²) < 4.78 is 10.2. The second-order valence-corrected chi connectivity index (χ2v) is 4.46. The molecular formula is C14H22N2O4. The van der Waals surface area contributed by atoms with Crippen molar-refractivity contribution in [3.05, 3.63) is 11.3 Å². The predicted octanol–water partition coefficient (Wildman–Crippen LogP) is 1.86. The lowest BCUT2D eigenvalue weighted by molar-refractivity contribution is -0.139. The number of allylic oxidation sites excluding steroid dienone is 1. The number of ether oxygens (including phenoxy) is 2. The van der Waals surface area contributed by atoms with E-state index >= 15 is 0 Å². The summed E-state index contributed by atoms with van der Waals surface area (Å²) in [5.74, 6) is -0.0366. The van der Waals surface area contributed by atoms with Crippen LogP contribution in [0.25, 0.3) is 0 Å². The summed E-state index contributed by atoms with van der Waals surface area (Å²) in [6, 6.07) is 0. The number of hydrogen-bond acceptors (Lipinski definition) is 5. The van der Waals surface area contributed by atoms with Crippen LogP contribution < -0.4 is 0 Å². The average molecular weight is 282 g/mol. The molecule has 0 fully saturated rings. The van der Waals surface area contributed by atoms with Gasteiger partial charge in [-0.25, -0.2) is 5.01 Å². The third-order valence-corrected chi connectivity index (χ3v) is 2.96. The first-order valence-electron chi connectivity index (χ1n) is 6.83. The SMILES string of the molecule is CCCC/C(OCC)=C1/C(=O)N(C)N=C1CC(=O)OC. The molecule has 0 bridgehead atoms. The van der Waals surface area contributed by atoms with Gasteiger partial charge >= 0.3 is 5.97 Å². The summed E-state index contributed by atoms with van der Waals surface area (Å²) in [6.07, 6.45) is 2.56. The molecule has 0 saturated carbocycles.